The van der Waals surface area contributed by atoms with Crippen LogP contribution in [0.3, 0.4) is 0 Å². The minimum Gasteiger partial charge on any atom is -0.351 e. The second kappa shape index (κ2) is 7.38. The van der Waals surface area contributed by atoms with Gasteiger partial charge in [-0.25, -0.2) is 0 Å². The summed E-state index contributed by atoms with van der Waals surface area (Å²) in [6, 6.07) is 2.22. The topological polar surface area (TPSA) is 56.1 Å². The lowest BCUT2D eigenvalue weighted by Gasteiger charge is -2.27. The molecule has 104 valence electrons. The van der Waals surface area contributed by atoms with E-state index >= 15 is 0 Å². The molecule has 0 spiro atoms. The van der Waals surface area contributed by atoms with Crippen molar-refractivity contribution in [2.24, 2.45) is 11.3 Å². The van der Waals surface area contributed by atoms with Crippen LogP contribution in [0.2, 0.25) is 0 Å². The number of likely N-dealkylation sites (N-methyl/N-ethyl adjacent to an activating group) is 1. The summed E-state index contributed by atoms with van der Waals surface area (Å²) in [6.45, 7) is 8.64. The smallest absolute Gasteiger partial charge is 0.240 e. The Labute approximate surface area is 111 Å². The number of nitrogens with one attached hydrogen (secondary N) is 1. The van der Waals surface area contributed by atoms with Crippen LogP contribution < -0.4 is 5.32 Å². The van der Waals surface area contributed by atoms with E-state index in [0.717, 1.165) is 13.0 Å². The molecule has 0 aliphatic carbocycles. The second-order valence-electron chi connectivity index (χ2n) is 5.86. The first-order valence-corrected chi connectivity index (χ1v) is 6.62. The second-order valence-corrected chi connectivity index (χ2v) is 5.86. The number of carbonyl (C=O) groups excluding carboxylic acids is 1. The van der Waals surface area contributed by atoms with Crippen molar-refractivity contribution in [1.29, 1.82) is 5.26 Å². The molecule has 18 heavy (non-hydrogen) atoms. The van der Waals surface area contributed by atoms with Gasteiger partial charge in [0.05, 0.1) is 6.07 Å². The fourth-order valence-corrected chi connectivity index (χ4v) is 1.82. The van der Waals surface area contributed by atoms with Crippen molar-refractivity contribution in [3.8, 4) is 6.07 Å². The zero-order chi connectivity index (χ0) is 14.3. The first kappa shape index (κ1) is 16.9. The van der Waals surface area contributed by atoms with Crippen LogP contribution in [0.5, 0.6) is 0 Å². The predicted octanol–water partition coefficient (Wildman–Crippen LogP) is 2.02. The summed E-state index contributed by atoms with van der Waals surface area (Å²) in [6.07, 6.45) is 1.46. The van der Waals surface area contributed by atoms with Gasteiger partial charge in [0, 0.05) is 12.6 Å². The number of rotatable bonds is 7. The molecule has 0 aromatic heterocycles. The molecule has 4 heteroatoms. The third-order valence-corrected chi connectivity index (χ3v) is 3.13. The third-order valence-electron chi connectivity index (χ3n) is 3.13. The van der Waals surface area contributed by atoms with Crippen LogP contribution in [-0.2, 0) is 4.79 Å². The van der Waals surface area contributed by atoms with Gasteiger partial charge in [0.15, 0.2) is 0 Å². The fourth-order valence-electron chi connectivity index (χ4n) is 1.82. The maximum Gasteiger partial charge on any atom is 0.240 e. The Bertz CT molecular complexity index is 297. The average molecular weight is 253 g/mol. The van der Waals surface area contributed by atoms with Crippen molar-refractivity contribution in [3.05, 3.63) is 0 Å². The standard InChI is InChI=1S/C14H27N3O/c1-7-14(4,10-15)13(18)16-12(8-11(2)3)9-17(5)6/h11-12H,7-9H2,1-6H3,(H,16,18). The van der Waals surface area contributed by atoms with Crippen molar-refractivity contribution >= 4 is 5.91 Å². The van der Waals surface area contributed by atoms with E-state index < -0.39 is 5.41 Å². The highest BCUT2D eigenvalue weighted by Crippen LogP contribution is 2.20. The van der Waals surface area contributed by atoms with Crippen molar-refractivity contribution < 1.29 is 4.79 Å². The van der Waals surface area contributed by atoms with Gasteiger partial charge in [-0.3, -0.25) is 4.79 Å². The summed E-state index contributed by atoms with van der Waals surface area (Å²) in [7, 11) is 3.98. The molecular weight excluding hydrogens is 226 g/mol. The summed E-state index contributed by atoms with van der Waals surface area (Å²) < 4.78 is 0. The summed E-state index contributed by atoms with van der Waals surface area (Å²) in [5, 5.41) is 12.1. The number of amides is 1. The lowest BCUT2D eigenvalue weighted by Crippen LogP contribution is -2.47. The molecule has 0 fully saturated rings. The van der Waals surface area contributed by atoms with Gasteiger partial charge in [-0.15, -0.1) is 0 Å². The van der Waals surface area contributed by atoms with E-state index in [1.54, 1.807) is 6.92 Å². The van der Waals surface area contributed by atoms with Crippen LogP contribution in [0.1, 0.15) is 40.5 Å². The highest BCUT2D eigenvalue weighted by molar-refractivity contribution is 5.85. The Balaban J connectivity index is 4.67. The lowest BCUT2D eigenvalue weighted by atomic mass is 9.88. The van der Waals surface area contributed by atoms with Crippen molar-refractivity contribution in [2.75, 3.05) is 20.6 Å². The number of carbonyl (C=O) groups is 1. The fraction of sp³-hybridized carbons (Fsp3) is 0.857. The van der Waals surface area contributed by atoms with Gasteiger partial charge in [-0.05, 0) is 39.8 Å². The summed E-state index contributed by atoms with van der Waals surface area (Å²) in [5.74, 6) is 0.366. The van der Waals surface area contributed by atoms with Crippen LogP contribution in [0.15, 0.2) is 0 Å². The highest BCUT2D eigenvalue weighted by atomic mass is 16.2. The SMILES string of the molecule is CCC(C)(C#N)C(=O)NC(CC(C)C)CN(C)C. The molecule has 0 heterocycles. The van der Waals surface area contributed by atoms with Gasteiger partial charge in [0.2, 0.25) is 5.91 Å². The molecule has 0 aromatic carbocycles. The Morgan fingerprint density at radius 3 is 2.33 bits per heavy atom. The molecule has 1 N–H and O–H groups in total. The molecule has 0 radical (unpaired) electrons. The van der Waals surface area contributed by atoms with Crippen LogP contribution in [0.4, 0.5) is 0 Å². The Morgan fingerprint density at radius 1 is 1.44 bits per heavy atom. The van der Waals surface area contributed by atoms with E-state index in [0.29, 0.717) is 12.3 Å². The van der Waals surface area contributed by atoms with Crippen molar-refractivity contribution in [2.45, 2.75) is 46.6 Å². The van der Waals surface area contributed by atoms with E-state index in [-0.39, 0.29) is 11.9 Å². The maximum absolute atomic E-state index is 12.1. The molecule has 0 bridgehead atoms. The maximum atomic E-state index is 12.1. The number of nitrogens with zero attached hydrogens (tertiary/aromatic N) is 2. The lowest BCUT2D eigenvalue weighted by molar-refractivity contribution is -0.128. The van der Waals surface area contributed by atoms with Crippen LogP contribution >= 0.6 is 0 Å². The van der Waals surface area contributed by atoms with E-state index in [2.05, 4.69) is 30.1 Å². The molecule has 0 saturated heterocycles. The van der Waals surface area contributed by atoms with Gasteiger partial charge in [-0.1, -0.05) is 20.8 Å². The minimum absolute atomic E-state index is 0.103. The largest absolute Gasteiger partial charge is 0.351 e. The first-order chi connectivity index (χ1) is 8.25. The molecule has 0 saturated carbocycles. The monoisotopic (exact) mass is 253 g/mol. The van der Waals surface area contributed by atoms with Crippen LogP contribution in [0.25, 0.3) is 0 Å². The van der Waals surface area contributed by atoms with E-state index in [1.807, 2.05) is 21.0 Å². The third kappa shape index (κ3) is 5.50. The van der Waals surface area contributed by atoms with Gasteiger partial charge < -0.3 is 10.2 Å². The van der Waals surface area contributed by atoms with Crippen molar-refractivity contribution in [1.82, 2.24) is 10.2 Å². The van der Waals surface area contributed by atoms with E-state index in [9.17, 15) is 4.79 Å². The first-order valence-electron chi connectivity index (χ1n) is 6.62. The van der Waals surface area contributed by atoms with E-state index in [4.69, 9.17) is 5.26 Å². The number of hydrogen-bond donors (Lipinski definition) is 1. The van der Waals surface area contributed by atoms with E-state index in [1.165, 1.54) is 0 Å². The van der Waals surface area contributed by atoms with Gasteiger partial charge >= 0.3 is 0 Å². The minimum atomic E-state index is -0.915. The Hall–Kier alpha value is -1.08. The normalized spacial score (nSPS) is 16.2. The summed E-state index contributed by atoms with van der Waals surface area (Å²) in [5.41, 5.74) is -0.915. The molecule has 2 unspecified atom stereocenters. The van der Waals surface area contributed by atoms with Crippen LogP contribution in [0, 0.1) is 22.7 Å². The predicted molar refractivity (Wildman–Crippen MR) is 74.0 cm³/mol. The zero-order valence-electron chi connectivity index (χ0n) is 12.6. The molecule has 2 atom stereocenters. The Kier molecular flexibility index (Phi) is 6.93. The molecular formula is C14H27N3O. The molecule has 0 aromatic rings. The molecule has 4 nitrogen and oxygen atoms in total. The molecule has 0 aliphatic rings. The highest BCUT2D eigenvalue weighted by Gasteiger charge is 2.32. The van der Waals surface area contributed by atoms with Gasteiger partial charge in [0.1, 0.15) is 5.41 Å². The van der Waals surface area contributed by atoms with Gasteiger partial charge in [0.25, 0.3) is 0 Å². The average Bonchev–Trinajstić information content (AvgIpc) is 2.25. The Morgan fingerprint density at radius 2 is 2.00 bits per heavy atom. The van der Waals surface area contributed by atoms with Crippen LogP contribution in [-0.4, -0.2) is 37.5 Å². The summed E-state index contributed by atoms with van der Waals surface area (Å²) in [4.78, 5) is 14.2. The molecule has 0 rings (SSSR count). The molecule has 1 amide bonds. The quantitative estimate of drug-likeness (QED) is 0.755. The van der Waals surface area contributed by atoms with Crippen molar-refractivity contribution in [3.63, 3.8) is 0 Å². The summed E-state index contributed by atoms with van der Waals surface area (Å²) >= 11 is 0. The zero-order valence-corrected chi connectivity index (χ0v) is 12.6. The molecule has 0 aliphatic heterocycles. The number of nitriles is 1. The number of hydrogen-bond acceptors (Lipinski definition) is 3. The van der Waals surface area contributed by atoms with Gasteiger partial charge in [-0.2, -0.15) is 5.26 Å².